The van der Waals surface area contributed by atoms with Crippen molar-refractivity contribution in [2.24, 2.45) is 0 Å². The zero-order valence-electron chi connectivity index (χ0n) is 11.0. The first-order valence-electron chi connectivity index (χ1n) is 6.37. The van der Waals surface area contributed by atoms with Gasteiger partial charge in [0.15, 0.2) is 0 Å². The van der Waals surface area contributed by atoms with Crippen molar-refractivity contribution in [2.45, 2.75) is 44.9 Å². The van der Waals surface area contributed by atoms with Gasteiger partial charge in [-0.25, -0.2) is 0 Å². The predicted molar refractivity (Wildman–Crippen MR) is 70.6 cm³/mol. The van der Waals surface area contributed by atoms with Crippen molar-refractivity contribution in [2.75, 3.05) is 0 Å². The van der Waals surface area contributed by atoms with Crippen LogP contribution in [0.25, 0.3) is 0 Å². The molecule has 0 aromatic heterocycles. The van der Waals surface area contributed by atoms with E-state index in [1.807, 2.05) is 44.2 Å². The Hall–Kier alpha value is -1.64. The van der Waals surface area contributed by atoms with Gasteiger partial charge in [-0.15, -0.1) is 0 Å². The lowest BCUT2D eigenvalue weighted by Crippen LogP contribution is -2.35. The fraction of sp³-hybridized carbons (Fsp3) is 0.467. The highest BCUT2D eigenvalue weighted by molar-refractivity contribution is 5.91. The largest absolute Gasteiger partial charge is 0.481 e. The summed E-state index contributed by atoms with van der Waals surface area (Å²) in [5.41, 5.74) is 0.460. The first-order valence-corrected chi connectivity index (χ1v) is 6.37. The molecule has 1 rings (SSSR count). The molecule has 3 nitrogen and oxygen atoms in total. The van der Waals surface area contributed by atoms with Crippen molar-refractivity contribution in [3.8, 4) is 0 Å². The third-order valence-electron chi connectivity index (χ3n) is 3.63. The number of ketones is 1. The molecule has 0 fully saturated rings. The van der Waals surface area contributed by atoms with Gasteiger partial charge in [0, 0.05) is 6.42 Å². The summed E-state index contributed by atoms with van der Waals surface area (Å²) >= 11 is 0. The molecule has 0 unspecified atom stereocenters. The van der Waals surface area contributed by atoms with Crippen LogP contribution in [0.1, 0.15) is 45.1 Å². The second-order valence-corrected chi connectivity index (χ2v) is 4.47. The van der Waals surface area contributed by atoms with E-state index in [0.29, 0.717) is 12.8 Å². The molecule has 98 valence electrons. The fourth-order valence-electron chi connectivity index (χ4n) is 2.43. The van der Waals surface area contributed by atoms with Crippen molar-refractivity contribution in [1.29, 1.82) is 0 Å². The Balaban J connectivity index is 3.00. The SMILES string of the molecule is CCC(CC)(C(=O)CCC(=O)O)c1ccccc1. The van der Waals surface area contributed by atoms with Gasteiger partial charge in [-0.05, 0) is 18.4 Å². The van der Waals surface area contributed by atoms with Gasteiger partial charge in [-0.1, -0.05) is 44.2 Å². The minimum atomic E-state index is -0.919. The Kier molecular flexibility index (Phi) is 5.08. The number of aliphatic carboxylic acids is 1. The highest BCUT2D eigenvalue weighted by Crippen LogP contribution is 2.34. The maximum absolute atomic E-state index is 12.4. The topological polar surface area (TPSA) is 54.4 Å². The summed E-state index contributed by atoms with van der Waals surface area (Å²) in [5.74, 6) is -0.890. The van der Waals surface area contributed by atoms with Crippen molar-refractivity contribution in [3.05, 3.63) is 35.9 Å². The molecule has 0 bridgehead atoms. The van der Waals surface area contributed by atoms with E-state index in [1.165, 1.54) is 0 Å². The van der Waals surface area contributed by atoms with Crippen molar-refractivity contribution < 1.29 is 14.7 Å². The number of benzene rings is 1. The van der Waals surface area contributed by atoms with Crippen LogP contribution in [-0.4, -0.2) is 16.9 Å². The minimum Gasteiger partial charge on any atom is -0.481 e. The molecular formula is C15H20O3. The van der Waals surface area contributed by atoms with E-state index in [2.05, 4.69) is 0 Å². The number of hydrogen-bond donors (Lipinski definition) is 1. The molecule has 0 amide bonds. The van der Waals surface area contributed by atoms with Crippen LogP contribution in [0.5, 0.6) is 0 Å². The Morgan fingerprint density at radius 2 is 1.61 bits per heavy atom. The average Bonchev–Trinajstić information content (AvgIpc) is 2.39. The number of carbonyl (C=O) groups is 2. The van der Waals surface area contributed by atoms with Gasteiger partial charge in [0.05, 0.1) is 11.8 Å². The molecule has 0 saturated heterocycles. The van der Waals surface area contributed by atoms with E-state index in [9.17, 15) is 9.59 Å². The summed E-state index contributed by atoms with van der Waals surface area (Å²) < 4.78 is 0. The summed E-state index contributed by atoms with van der Waals surface area (Å²) in [4.78, 5) is 23.0. The predicted octanol–water partition coefficient (Wildman–Crippen LogP) is 3.18. The molecule has 1 N–H and O–H groups in total. The lowest BCUT2D eigenvalue weighted by atomic mass is 9.71. The van der Waals surface area contributed by atoms with Crippen LogP contribution in [0.3, 0.4) is 0 Å². The van der Waals surface area contributed by atoms with Crippen LogP contribution in [-0.2, 0) is 15.0 Å². The maximum atomic E-state index is 12.4. The lowest BCUT2D eigenvalue weighted by molar-refractivity contribution is -0.139. The van der Waals surface area contributed by atoms with E-state index in [-0.39, 0.29) is 18.6 Å². The third kappa shape index (κ3) is 2.97. The fourth-order valence-corrected chi connectivity index (χ4v) is 2.43. The van der Waals surface area contributed by atoms with Gasteiger partial charge in [-0.2, -0.15) is 0 Å². The maximum Gasteiger partial charge on any atom is 0.303 e. The Bertz CT molecular complexity index is 405. The molecule has 3 heteroatoms. The number of carboxylic acid groups (broad SMARTS) is 1. The highest BCUT2D eigenvalue weighted by atomic mass is 16.4. The molecule has 18 heavy (non-hydrogen) atoms. The van der Waals surface area contributed by atoms with Crippen molar-refractivity contribution >= 4 is 11.8 Å². The summed E-state index contributed by atoms with van der Waals surface area (Å²) in [6, 6.07) is 9.65. The quantitative estimate of drug-likeness (QED) is 0.806. The normalized spacial score (nSPS) is 11.2. The molecule has 0 radical (unpaired) electrons. The number of Topliss-reactive ketones (excluding diaryl/α,β-unsaturated/α-hetero) is 1. The van der Waals surface area contributed by atoms with Gasteiger partial charge < -0.3 is 5.11 Å². The highest BCUT2D eigenvalue weighted by Gasteiger charge is 2.35. The Labute approximate surface area is 108 Å². The first kappa shape index (κ1) is 14.4. The molecule has 0 atom stereocenters. The van der Waals surface area contributed by atoms with Crippen LogP contribution in [0.2, 0.25) is 0 Å². The average molecular weight is 248 g/mol. The monoisotopic (exact) mass is 248 g/mol. The molecule has 0 aliphatic rings. The summed E-state index contributed by atoms with van der Waals surface area (Å²) in [5, 5.41) is 8.69. The summed E-state index contributed by atoms with van der Waals surface area (Å²) in [7, 11) is 0. The van der Waals surface area contributed by atoms with Gasteiger partial charge in [-0.3, -0.25) is 9.59 Å². The Morgan fingerprint density at radius 1 is 1.06 bits per heavy atom. The van der Waals surface area contributed by atoms with Crippen molar-refractivity contribution in [3.63, 3.8) is 0 Å². The molecule has 1 aromatic rings. The van der Waals surface area contributed by atoms with Gasteiger partial charge >= 0.3 is 5.97 Å². The van der Waals surface area contributed by atoms with E-state index in [0.717, 1.165) is 5.56 Å². The molecule has 1 aromatic carbocycles. The number of rotatable bonds is 7. The van der Waals surface area contributed by atoms with E-state index >= 15 is 0 Å². The summed E-state index contributed by atoms with van der Waals surface area (Å²) in [6.45, 7) is 3.96. The van der Waals surface area contributed by atoms with Gasteiger partial charge in [0.25, 0.3) is 0 Å². The molecule has 0 saturated carbocycles. The lowest BCUT2D eigenvalue weighted by Gasteiger charge is -2.30. The molecular weight excluding hydrogens is 228 g/mol. The molecule has 0 aliphatic carbocycles. The molecule has 0 spiro atoms. The standard InChI is InChI=1S/C15H20O3/c1-3-15(4-2,12-8-6-5-7-9-12)13(16)10-11-14(17)18/h5-9H,3-4,10-11H2,1-2H3,(H,17,18). The minimum absolute atomic E-state index is 0.0288. The number of carbonyl (C=O) groups excluding carboxylic acids is 1. The van der Waals surface area contributed by atoms with Crippen LogP contribution in [0.4, 0.5) is 0 Å². The number of carboxylic acids is 1. The Morgan fingerprint density at radius 3 is 2.06 bits per heavy atom. The smallest absolute Gasteiger partial charge is 0.303 e. The van der Waals surface area contributed by atoms with E-state index in [4.69, 9.17) is 5.11 Å². The van der Waals surface area contributed by atoms with E-state index < -0.39 is 11.4 Å². The summed E-state index contributed by atoms with van der Waals surface area (Å²) in [6.07, 6.45) is 1.41. The number of hydrogen-bond acceptors (Lipinski definition) is 2. The van der Waals surface area contributed by atoms with Crippen LogP contribution in [0.15, 0.2) is 30.3 Å². The van der Waals surface area contributed by atoms with Crippen LogP contribution < -0.4 is 0 Å². The van der Waals surface area contributed by atoms with Crippen molar-refractivity contribution in [1.82, 2.24) is 0 Å². The zero-order chi connectivity index (χ0) is 13.6. The second kappa shape index (κ2) is 6.34. The second-order valence-electron chi connectivity index (χ2n) is 4.47. The molecule has 0 aliphatic heterocycles. The van der Waals surface area contributed by atoms with Crippen LogP contribution >= 0.6 is 0 Å². The zero-order valence-corrected chi connectivity index (χ0v) is 11.0. The van der Waals surface area contributed by atoms with E-state index in [1.54, 1.807) is 0 Å². The van der Waals surface area contributed by atoms with Gasteiger partial charge in [0.1, 0.15) is 5.78 Å². The third-order valence-corrected chi connectivity index (χ3v) is 3.63. The van der Waals surface area contributed by atoms with Crippen LogP contribution in [0, 0.1) is 0 Å². The first-order chi connectivity index (χ1) is 8.56. The molecule has 0 heterocycles. The van der Waals surface area contributed by atoms with Gasteiger partial charge in [0.2, 0.25) is 0 Å².